The lowest BCUT2D eigenvalue weighted by molar-refractivity contribution is 0.101. The zero-order valence-electron chi connectivity index (χ0n) is 16.9. The number of benzene rings is 3. The Morgan fingerprint density at radius 1 is 0.903 bits per heavy atom. The fourth-order valence-electron chi connectivity index (χ4n) is 3.11. The summed E-state index contributed by atoms with van der Waals surface area (Å²) in [6.45, 7) is 1.87. The molecule has 0 saturated heterocycles. The van der Waals surface area contributed by atoms with Crippen molar-refractivity contribution in [1.82, 2.24) is 5.16 Å². The monoisotopic (exact) mass is 428 g/mol. The van der Waals surface area contributed by atoms with Gasteiger partial charge in [-0.15, -0.1) is 11.8 Å². The summed E-state index contributed by atoms with van der Waals surface area (Å²) in [6, 6.07) is 25.3. The van der Waals surface area contributed by atoms with E-state index in [1.807, 2.05) is 49.4 Å². The number of amides is 1. The van der Waals surface area contributed by atoms with Gasteiger partial charge in [-0.2, -0.15) is 0 Å². The molecule has 6 heteroatoms. The topological polar surface area (TPSA) is 72.2 Å². The number of hydrogen-bond acceptors (Lipinski definition) is 5. The molecule has 0 spiro atoms. The third-order valence-corrected chi connectivity index (χ3v) is 5.69. The molecule has 1 amide bonds. The second-order valence-corrected chi connectivity index (χ2v) is 7.97. The number of carbonyl (C=O) groups is 2. The number of aryl methyl sites for hydroxylation is 1. The van der Waals surface area contributed by atoms with E-state index in [0.29, 0.717) is 28.1 Å². The van der Waals surface area contributed by atoms with Crippen LogP contribution in [0.4, 0.5) is 5.69 Å². The van der Waals surface area contributed by atoms with Crippen molar-refractivity contribution in [2.24, 2.45) is 0 Å². The van der Waals surface area contributed by atoms with E-state index >= 15 is 0 Å². The van der Waals surface area contributed by atoms with Crippen LogP contribution in [-0.2, 0) is 5.75 Å². The third-order valence-electron chi connectivity index (χ3n) is 4.60. The highest BCUT2D eigenvalue weighted by atomic mass is 32.2. The van der Waals surface area contributed by atoms with Gasteiger partial charge in [-0.3, -0.25) is 9.59 Å². The Hall–Kier alpha value is -3.64. The van der Waals surface area contributed by atoms with E-state index in [-0.39, 0.29) is 11.7 Å². The van der Waals surface area contributed by atoms with Crippen molar-refractivity contribution in [3.8, 4) is 0 Å². The van der Waals surface area contributed by atoms with Gasteiger partial charge in [0, 0.05) is 27.8 Å². The summed E-state index contributed by atoms with van der Waals surface area (Å²) in [6.07, 6.45) is 0. The van der Waals surface area contributed by atoms with Gasteiger partial charge >= 0.3 is 0 Å². The first kappa shape index (κ1) is 20.6. The molecular weight excluding hydrogens is 408 g/mol. The largest absolute Gasteiger partial charge is 0.360 e. The van der Waals surface area contributed by atoms with Gasteiger partial charge in [0.1, 0.15) is 5.76 Å². The van der Waals surface area contributed by atoms with Crippen molar-refractivity contribution in [2.45, 2.75) is 17.6 Å². The maximum Gasteiger partial charge on any atom is 0.256 e. The highest BCUT2D eigenvalue weighted by molar-refractivity contribution is 7.98. The second kappa shape index (κ2) is 9.45. The van der Waals surface area contributed by atoms with E-state index in [0.717, 1.165) is 16.3 Å². The summed E-state index contributed by atoms with van der Waals surface area (Å²) in [7, 11) is 0. The van der Waals surface area contributed by atoms with E-state index in [1.54, 1.807) is 42.5 Å². The number of aromatic nitrogens is 1. The molecule has 0 fully saturated rings. The molecule has 31 heavy (non-hydrogen) atoms. The first-order valence-corrected chi connectivity index (χ1v) is 10.7. The lowest BCUT2D eigenvalue weighted by atomic mass is 10.0. The van der Waals surface area contributed by atoms with E-state index in [4.69, 9.17) is 4.52 Å². The average molecular weight is 429 g/mol. The van der Waals surface area contributed by atoms with E-state index in [2.05, 4.69) is 10.5 Å². The molecule has 0 unspecified atom stereocenters. The van der Waals surface area contributed by atoms with Crippen LogP contribution < -0.4 is 5.32 Å². The molecular formula is C25H20N2O3S. The molecule has 1 aromatic heterocycles. The van der Waals surface area contributed by atoms with Gasteiger partial charge in [-0.05, 0) is 31.2 Å². The maximum absolute atomic E-state index is 13.0. The normalized spacial score (nSPS) is 10.6. The smallest absolute Gasteiger partial charge is 0.256 e. The quantitative estimate of drug-likeness (QED) is 0.299. The van der Waals surface area contributed by atoms with Gasteiger partial charge in [0.25, 0.3) is 5.91 Å². The maximum atomic E-state index is 13.0. The van der Waals surface area contributed by atoms with Crippen LogP contribution in [0.5, 0.6) is 0 Å². The fourth-order valence-corrected chi connectivity index (χ4v) is 4.03. The molecule has 0 aliphatic carbocycles. The summed E-state index contributed by atoms with van der Waals surface area (Å²) in [5.41, 5.74) is 3.08. The molecule has 0 saturated carbocycles. The fraction of sp³-hybridized carbons (Fsp3) is 0.0800. The third kappa shape index (κ3) is 5.10. The average Bonchev–Trinajstić information content (AvgIpc) is 3.23. The van der Waals surface area contributed by atoms with E-state index < -0.39 is 0 Å². The zero-order valence-corrected chi connectivity index (χ0v) is 17.7. The Bertz CT molecular complexity index is 1220. The van der Waals surface area contributed by atoms with Crippen LogP contribution in [0.15, 0.2) is 94.3 Å². The Labute approximate surface area is 184 Å². The highest BCUT2D eigenvalue weighted by Crippen LogP contribution is 2.27. The molecule has 0 atom stereocenters. The van der Waals surface area contributed by atoms with Gasteiger partial charge in [0.15, 0.2) is 5.78 Å². The number of nitrogens with zero attached hydrogens (tertiary/aromatic N) is 1. The predicted molar refractivity (Wildman–Crippen MR) is 122 cm³/mol. The number of nitrogens with one attached hydrogen (secondary N) is 1. The molecule has 1 N–H and O–H groups in total. The summed E-state index contributed by atoms with van der Waals surface area (Å²) in [5, 5.41) is 6.80. The number of hydrogen-bond donors (Lipinski definition) is 1. The first-order chi connectivity index (χ1) is 15.1. The summed E-state index contributed by atoms with van der Waals surface area (Å²) >= 11 is 1.51. The van der Waals surface area contributed by atoms with Gasteiger partial charge in [-0.1, -0.05) is 59.8 Å². The Morgan fingerprint density at radius 3 is 2.42 bits per heavy atom. The van der Waals surface area contributed by atoms with Crippen LogP contribution in [0.1, 0.15) is 37.7 Å². The standard InChI is InChI=1S/C25H20N2O3S/c1-17-14-21(30-27-17)16-31-23-13-6-5-12-22(23)25(29)26-20-11-7-10-19(15-20)24(28)18-8-3-2-4-9-18/h2-15H,16H2,1H3,(H,26,29). The van der Waals surface area contributed by atoms with Crippen LogP contribution in [0.2, 0.25) is 0 Å². The Morgan fingerprint density at radius 2 is 1.65 bits per heavy atom. The van der Waals surface area contributed by atoms with Crippen LogP contribution in [0, 0.1) is 6.92 Å². The molecule has 4 rings (SSSR count). The number of thioether (sulfide) groups is 1. The van der Waals surface area contributed by atoms with E-state index in [1.165, 1.54) is 11.8 Å². The van der Waals surface area contributed by atoms with Gasteiger partial charge in [0.05, 0.1) is 17.0 Å². The number of ketones is 1. The molecule has 3 aromatic carbocycles. The van der Waals surface area contributed by atoms with Crippen molar-refractivity contribution in [3.63, 3.8) is 0 Å². The van der Waals surface area contributed by atoms with Crippen LogP contribution in [0.25, 0.3) is 0 Å². The summed E-state index contributed by atoms with van der Waals surface area (Å²) in [4.78, 5) is 26.5. The highest BCUT2D eigenvalue weighted by Gasteiger charge is 2.14. The van der Waals surface area contributed by atoms with Gasteiger partial charge in [0.2, 0.25) is 0 Å². The summed E-state index contributed by atoms with van der Waals surface area (Å²) in [5.74, 6) is 1.01. The molecule has 0 bridgehead atoms. The zero-order chi connectivity index (χ0) is 21.6. The molecule has 0 aliphatic rings. The first-order valence-electron chi connectivity index (χ1n) is 9.75. The van der Waals surface area contributed by atoms with Gasteiger partial charge < -0.3 is 9.84 Å². The van der Waals surface area contributed by atoms with Gasteiger partial charge in [-0.25, -0.2) is 0 Å². The lowest BCUT2D eigenvalue weighted by Gasteiger charge is -2.10. The summed E-state index contributed by atoms with van der Waals surface area (Å²) < 4.78 is 5.25. The molecule has 5 nitrogen and oxygen atoms in total. The molecule has 4 aromatic rings. The molecule has 0 radical (unpaired) electrons. The Kier molecular flexibility index (Phi) is 6.29. The van der Waals surface area contributed by atoms with Crippen LogP contribution in [-0.4, -0.2) is 16.8 Å². The minimum Gasteiger partial charge on any atom is -0.360 e. The number of rotatable bonds is 7. The van der Waals surface area contributed by atoms with Crippen LogP contribution in [0.3, 0.4) is 0 Å². The van der Waals surface area contributed by atoms with Crippen molar-refractivity contribution in [1.29, 1.82) is 0 Å². The number of anilines is 1. The SMILES string of the molecule is Cc1cc(CSc2ccccc2C(=O)Nc2cccc(C(=O)c3ccccc3)c2)on1. The minimum atomic E-state index is -0.235. The minimum absolute atomic E-state index is 0.0880. The van der Waals surface area contributed by atoms with Crippen molar-refractivity contribution in [2.75, 3.05) is 5.32 Å². The van der Waals surface area contributed by atoms with E-state index in [9.17, 15) is 9.59 Å². The van der Waals surface area contributed by atoms with Crippen molar-refractivity contribution >= 4 is 29.1 Å². The molecule has 0 aliphatic heterocycles. The molecule has 154 valence electrons. The second-order valence-electron chi connectivity index (χ2n) is 6.95. The van der Waals surface area contributed by atoms with Crippen LogP contribution >= 0.6 is 11.8 Å². The Balaban J connectivity index is 1.49. The lowest BCUT2D eigenvalue weighted by Crippen LogP contribution is -2.13. The van der Waals surface area contributed by atoms with Crippen molar-refractivity contribution < 1.29 is 14.1 Å². The number of carbonyl (C=O) groups excluding carboxylic acids is 2. The van der Waals surface area contributed by atoms with Crippen molar-refractivity contribution in [3.05, 3.63) is 113 Å². The predicted octanol–water partition coefficient (Wildman–Crippen LogP) is 5.76. The molecule has 1 heterocycles.